The van der Waals surface area contributed by atoms with Crippen LogP contribution in [0.5, 0.6) is 0 Å². The van der Waals surface area contributed by atoms with Crippen LogP contribution in [0.4, 0.5) is 4.79 Å². The Morgan fingerprint density at radius 2 is 1.93 bits per heavy atom. The van der Waals surface area contributed by atoms with E-state index in [0.29, 0.717) is 0 Å². The molecule has 0 aliphatic carbocycles. The van der Waals surface area contributed by atoms with E-state index in [4.69, 9.17) is 15.6 Å². The van der Waals surface area contributed by atoms with E-state index in [0.717, 1.165) is 6.08 Å². The highest BCUT2D eigenvalue weighted by molar-refractivity contribution is 7.96. The van der Waals surface area contributed by atoms with Gasteiger partial charge in [0.05, 0.1) is 0 Å². The summed E-state index contributed by atoms with van der Waals surface area (Å²) in [4.78, 5) is 19.2. The van der Waals surface area contributed by atoms with Gasteiger partial charge in [0.25, 0.3) is 10.4 Å². The molecule has 0 radical (unpaired) electrons. The number of primary amides is 1. The van der Waals surface area contributed by atoms with E-state index < -0.39 is 17.3 Å². The molecule has 0 aliphatic rings. The summed E-state index contributed by atoms with van der Waals surface area (Å²) in [6.07, 6.45) is -0.0425. The number of hydrogen-bond acceptors (Lipinski definition) is 4. The molecule has 0 spiro atoms. The number of carbonyl (C=O) groups is 2. The topological polar surface area (TPSA) is 116 Å². The molecule has 14 heavy (non-hydrogen) atoms. The molecular formula is C6H10N2O4S2. The molecule has 0 heterocycles. The van der Waals surface area contributed by atoms with Crippen molar-refractivity contribution in [2.45, 2.75) is 6.10 Å². The van der Waals surface area contributed by atoms with Crippen molar-refractivity contribution in [3.8, 4) is 0 Å². The standard InChI is InChI=1S/C5H7NO3S.CH3NOS/c1-2-3(4(7)8)9-5(6)10;2-1(3)4/h2-3H,1H2,(H2,6,10)(H,7,8);(H3,2,3,4). The third-order valence-corrected chi connectivity index (χ3v) is 0.797. The molecule has 0 rings (SSSR count). The SMILES string of the molecule is C=CC(OC(N)=S)C(=O)O.NC(=O)S. The maximum absolute atomic E-state index is 10.2. The van der Waals surface area contributed by atoms with Crippen LogP contribution in [0.1, 0.15) is 0 Å². The number of rotatable bonds is 3. The average molecular weight is 238 g/mol. The molecule has 0 saturated heterocycles. The second-order valence-corrected chi connectivity index (χ2v) is 2.61. The van der Waals surface area contributed by atoms with Gasteiger partial charge in [0.1, 0.15) is 0 Å². The van der Waals surface area contributed by atoms with Crippen molar-refractivity contribution in [2.75, 3.05) is 0 Å². The van der Waals surface area contributed by atoms with E-state index in [2.05, 4.69) is 41.9 Å². The van der Waals surface area contributed by atoms with Crippen LogP contribution in [0.15, 0.2) is 12.7 Å². The van der Waals surface area contributed by atoms with Gasteiger partial charge in [-0.25, -0.2) is 4.79 Å². The Bertz CT molecular complexity index is 240. The third kappa shape index (κ3) is 13.3. The summed E-state index contributed by atoms with van der Waals surface area (Å²) in [6, 6.07) is 0. The summed E-state index contributed by atoms with van der Waals surface area (Å²) in [6.45, 7) is 3.21. The van der Waals surface area contributed by atoms with Crippen LogP contribution in [0.2, 0.25) is 0 Å². The van der Waals surface area contributed by atoms with E-state index in [1.165, 1.54) is 0 Å². The maximum Gasteiger partial charge on any atom is 0.349 e. The number of carboxylic acids is 1. The lowest BCUT2D eigenvalue weighted by Crippen LogP contribution is -2.27. The summed E-state index contributed by atoms with van der Waals surface area (Å²) < 4.78 is 4.45. The largest absolute Gasteiger partial charge is 0.478 e. The van der Waals surface area contributed by atoms with E-state index in [-0.39, 0.29) is 5.17 Å². The first kappa shape index (κ1) is 15.2. The zero-order valence-electron chi connectivity index (χ0n) is 7.04. The zero-order valence-corrected chi connectivity index (χ0v) is 8.75. The number of aliphatic carboxylic acids is 1. The molecule has 0 aromatic rings. The van der Waals surface area contributed by atoms with Crippen molar-refractivity contribution >= 4 is 41.2 Å². The van der Waals surface area contributed by atoms with Crippen molar-refractivity contribution in [3.05, 3.63) is 12.7 Å². The second-order valence-electron chi connectivity index (χ2n) is 1.77. The molecule has 0 fully saturated rings. The first-order valence-electron chi connectivity index (χ1n) is 3.11. The van der Waals surface area contributed by atoms with Gasteiger partial charge in [0.2, 0.25) is 6.10 Å². The number of thiol groups is 1. The molecule has 0 saturated carbocycles. The number of ether oxygens (including phenoxy) is 1. The number of carbonyl (C=O) groups excluding carboxylic acids is 1. The van der Waals surface area contributed by atoms with Gasteiger partial charge in [-0.2, -0.15) is 0 Å². The van der Waals surface area contributed by atoms with Gasteiger partial charge in [-0.3, -0.25) is 4.79 Å². The molecule has 1 unspecified atom stereocenters. The predicted octanol–water partition coefficient (Wildman–Crippen LogP) is -0.119. The molecule has 1 atom stereocenters. The molecule has 6 nitrogen and oxygen atoms in total. The average Bonchev–Trinajstić information content (AvgIpc) is 1.98. The van der Waals surface area contributed by atoms with Crippen molar-refractivity contribution in [2.24, 2.45) is 11.5 Å². The van der Waals surface area contributed by atoms with E-state index in [1.807, 2.05) is 0 Å². The lowest BCUT2D eigenvalue weighted by molar-refractivity contribution is -0.143. The fraction of sp³-hybridized carbons (Fsp3) is 0.167. The van der Waals surface area contributed by atoms with Crippen molar-refractivity contribution in [3.63, 3.8) is 0 Å². The molecule has 0 aromatic carbocycles. The quantitative estimate of drug-likeness (QED) is 0.309. The Balaban J connectivity index is 0. The zero-order chi connectivity index (χ0) is 11.7. The van der Waals surface area contributed by atoms with Crippen LogP contribution in [0.25, 0.3) is 0 Å². The number of thiocarbonyl (C=S) groups is 1. The maximum atomic E-state index is 10.2. The number of hydrogen-bond donors (Lipinski definition) is 4. The van der Waals surface area contributed by atoms with Gasteiger partial charge in [-0.1, -0.05) is 19.2 Å². The minimum Gasteiger partial charge on any atom is -0.478 e. The highest BCUT2D eigenvalue weighted by Gasteiger charge is 2.14. The van der Waals surface area contributed by atoms with Crippen LogP contribution >= 0.6 is 24.8 Å². The van der Waals surface area contributed by atoms with Crippen molar-refractivity contribution in [1.29, 1.82) is 0 Å². The summed E-state index contributed by atoms with van der Waals surface area (Å²) >= 11 is 7.41. The van der Waals surface area contributed by atoms with Gasteiger partial charge in [0, 0.05) is 0 Å². The Hall–Kier alpha value is -1.28. The fourth-order valence-electron chi connectivity index (χ4n) is 0.324. The lowest BCUT2D eigenvalue weighted by atomic mass is 10.4. The van der Waals surface area contributed by atoms with Crippen molar-refractivity contribution in [1.82, 2.24) is 0 Å². The van der Waals surface area contributed by atoms with Crippen LogP contribution in [-0.4, -0.2) is 27.6 Å². The van der Waals surface area contributed by atoms with Gasteiger partial charge in [-0.15, -0.1) is 0 Å². The summed E-state index contributed by atoms with van der Waals surface area (Å²) in [5.74, 6) is -1.16. The summed E-state index contributed by atoms with van der Waals surface area (Å²) in [5, 5.41) is 7.37. The number of nitrogens with two attached hydrogens (primary N) is 2. The molecule has 80 valence electrons. The monoisotopic (exact) mass is 238 g/mol. The molecule has 0 aliphatic heterocycles. The highest BCUT2D eigenvalue weighted by Crippen LogP contribution is 1.92. The van der Waals surface area contributed by atoms with Crippen LogP contribution < -0.4 is 11.5 Å². The lowest BCUT2D eigenvalue weighted by Gasteiger charge is -2.07. The Morgan fingerprint density at radius 1 is 1.57 bits per heavy atom. The smallest absolute Gasteiger partial charge is 0.349 e. The molecule has 8 heteroatoms. The number of amides is 1. The Kier molecular flexibility index (Phi) is 9.04. The van der Waals surface area contributed by atoms with E-state index in [9.17, 15) is 4.79 Å². The third-order valence-electron chi connectivity index (χ3n) is 0.701. The van der Waals surface area contributed by atoms with E-state index >= 15 is 0 Å². The summed E-state index contributed by atoms with van der Waals surface area (Å²) in [5.41, 5.74) is 9.24. The van der Waals surface area contributed by atoms with Gasteiger partial charge in [0.15, 0.2) is 0 Å². The highest BCUT2D eigenvalue weighted by atomic mass is 32.1. The number of carboxylic acid groups (broad SMARTS) is 1. The Labute approximate surface area is 91.3 Å². The second kappa shape index (κ2) is 8.32. The van der Waals surface area contributed by atoms with E-state index in [1.54, 1.807) is 0 Å². The van der Waals surface area contributed by atoms with Gasteiger partial charge < -0.3 is 21.3 Å². The van der Waals surface area contributed by atoms with Crippen molar-refractivity contribution < 1.29 is 19.4 Å². The van der Waals surface area contributed by atoms with Crippen LogP contribution in [0, 0.1) is 0 Å². The minimum absolute atomic E-state index is 0.299. The van der Waals surface area contributed by atoms with Crippen LogP contribution in [0.3, 0.4) is 0 Å². The minimum atomic E-state index is -1.16. The fourth-order valence-corrected chi connectivity index (χ4v) is 0.428. The van der Waals surface area contributed by atoms with Crippen LogP contribution in [-0.2, 0) is 9.53 Å². The van der Waals surface area contributed by atoms with Gasteiger partial charge in [-0.05, 0) is 18.3 Å². The first-order chi connectivity index (χ1) is 6.31. The molecule has 1 amide bonds. The normalized spacial score (nSPS) is 10.1. The molecule has 0 bridgehead atoms. The summed E-state index contributed by atoms with van der Waals surface area (Å²) in [7, 11) is 0. The Morgan fingerprint density at radius 3 is 2.00 bits per heavy atom. The molecule has 0 aromatic heterocycles. The predicted molar refractivity (Wildman–Crippen MR) is 58.1 cm³/mol. The first-order valence-corrected chi connectivity index (χ1v) is 3.96. The molecular weight excluding hydrogens is 228 g/mol. The van der Waals surface area contributed by atoms with Gasteiger partial charge >= 0.3 is 5.97 Å². The molecule has 5 N–H and O–H groups in total.